The minimum absolute atomic E-state index is 0.108. The summed E-state index contributed by atoms with van der Waals surface area (Å²) in [4.78, 5) is 43.7. The first-order valence-electron chi connectivity index (χ1n) is 10.8. The number of rotatable bonds is 5. The summed E-state index contributed by atoms with van der Waals surface area (Å²) in [7, 11) is 0. The maximum Gasteiger partial charge on any atom is 0.274 e. The zero-order valence-corrected chi connectivity index (χ0v) is 18.1. The van der Waals surface area contributed by atoms with Crippen molar-refractivity contribution in [1.29, 1.82) is 0 Å². The van der Waals surface area contributed by atoms with E-state index in [1.807, 2.05) is 0 Å². The molecule has 1 saturated heterocycles. The number of carbonyl (C=O) groups is 3. The molecule has 0 spiro atoms. The highest BCUT2D eigenvalue weighted by Gasteiger charge is 2.29. The first-order valence-corrected chi connectivity index (χ1v) is 10.8. The van der Waals surface area contributed by atoms with Gasteiger partial charge < -0.3 is 15.5 Å². The van der Waals surface area contributed by atoms with Crippen molar-refractivity contribution in [3.63, 3.8) is 0 Å². The van der Waals surface area contributed by atoms with Gasteiger partial charge in [0.2, 0.25) is 5.91 Å². The van der Waals surface area contributed by atoms with Crippen LogP contribution in [0.2, 0.25) is 0 Å². The Bertz CT molecular complexity index is 1200. The lowest BCUT2D eigenvalue weighted by atomic mass is 9.96. The Morgan fingerprint density at radius 2 is 1.68 bits per heavy atom. The lowest BCUT2D eigenvalue weighted by molar-refractivity contribution is -0.121. The number of nitrogens with one attached hydrogen (secondary N) is 2. The molecule has 1 aliphatic heterocycles. The smallest absolute Gasteiger partial charge is 0.274 e. The fourth-order valence-corrected chi connectivity index (χ4v) is 3.80. The van der Waals surface area contributed by atoms with Crippen LogP contribution in [-0.4, -0.2) is 40.7 Å². The molecule has 174 valence electrons. The highest BCUT2D eigenvalue weighted by molar-refractivity contribution is 6.06. The molecule has 4 rings (SSSR count). The highest BCUT2D eigenvalue weighted by atomic mass is 19.1. The number of nitrogens with zero attached hydrogens (tertiary/aromatic N) is 2. The average Bonchev–Trinajstić information content (AvgIpc) is 2.86. The summed E-state index contributed by atoms with van der Waals surface area (Å²) in [5.41, 5.74) is 0.843. The summed E-state index contributed by atoms with van der Waals surface area (Å²) in [6.45, 7) is 0.651. The molecular weight excluding hydrogens is 442 g/mol. The van der Waals surface area contributed by atoms with E-state index in [0.717, 1.165) is 6.07 Å². The van der Waals surface area contributed by atoms with Crippen molar-refractivity contribution in [2.75, 3.05) is 23.7 Å². The summed E-state index contributed by atoms with van der Waals surface area (Å²) in [6.07, 6.45) is 2.63. The largest absolute Gasteiger partial charge is 0.338 e. The second kappa shape index (κ2) is 10.2. The summed E-state index contributed by atoms with van der Waals surface area (Å²) >= 11 is 0. The molecule has 1 fully saturated rings. The number of likely N-dealkylation sites (tertiary alicyclic amines) is 1. The molecule has 0 bridgehead atoms. The number of carbonyl (C=O) groups excluding carboxylic acids is 3. The van der Waals surface area contributed by atoms with Gasteiger partial charge in [0.25, 0.3) is 11.8 Å². The number of anilines is 2. The Labute approximate surface area is 194 Å². The maximum atomic E-state index is 13.9. The molecule has 2 aromatic carbocycles. The molecule has 1 aromatic heterocycles. The molecule has 3 aromatic rings. The number of aromatic nitrogens is 1. The van der Waals surface area contributed by atoms with Crippen molar-refractivity contribution in [1.82, 2.24) is 9.88 Å². The monoisotopic (exact) mass is 464 g/mol. The van der Waals surface area contributed by atoms with E-state index in [0.29, 0.717) is 24.9 Å². The third kappa shape index (κ3) is 5.43. The summed E-state index contributed by atoms with van der Waals surface area (Å²) in [6, 6.07) is 13.8. The minimum atomic E-state index is -0.581. The molecule has 2 heterocycles. The number of hydrogen-bond acceptors (Lipinski definition) is 4. The van der Waals surface area contributed by atoms with E-state index in [4.69, 9.17) is 0 Å². The number of halogens is 2. The van der Waals surface area contributed by atoms with Gasteiger partial charge in [0, 0.05) is 24.8 Å². The Morgan fingerprint density at radius 3 is 2.41 bits per heavy atom. The molecule has 2 N–H and O–H groups in total. The quantitative estimate of drug-likeness (QED) is 0.595. The molecule has 3 amide bonds. The van der Waals surface area contributed by atoms with Crippen molar-refractivity contribution < 1.29 is 23.2 Å². The van der Waals surface area contributed by atoms with E-state index in [9.17, 15) is 23.2 Å². The van der Waals surface area contributed by atoms with Crippen LogP contribution in [0.3, 0.4) is 0 Å². The molecule has 1 aliphatic rings. The van der Waals surface area contributed by atoms with Gasteiger partial charge in [0.1, 0.15) is 17.3 Å². The predicted octanol–water partition coefficient (Wildman–Crippen LogP) is 4.10. The number of piperidine rings is 1. The van der Waals surface area contributed by atoms with Gasteiger partial charge in [-0.2, -0.15) is 0 Å². The van der Waals surface area contributed by atoms with Crippen LogP contribution in [0.4, 0.5) is 20.2 Å². The van der Waals surface area contributed by atoms with E-state index < -0.39 is 29.4 Å². The van der Waals surface area contributed by atoms with Crippen LogP contribution in [0.5, 0.6) is 0 Å². The van der Waals surface area contributed by atoms with Crippen LogP contribution in [0.25, 0.3) is 0 Å². The van der Waals surface area contributed by atoms with Crippen LogP contribution in [-0.2, 0) is 4.79 Å². The molecule has 0 saturated carbocycles. The molecule has 1 atom stereocenters. The topological polar surface area (TPSA) is 91.4 Å². The van der Waals surface area contributed by atoms with Gasteiger partial charge >= 0.3 is 0 Å². The van der Waals surface area contributed by atoms with E-state index in [-0.39, 0.29) is 29.5 Å². The van der Waals surface area contributed by atoms with Crippen LogP contribution >= 0.6 is 0 Å². The van der Waals surface area contributed by atoms with Crippen molar-refractivity contribution in [2.45, 2.75) is 12.8 Å². The van der Waals surface area contributed by atoms with Crippen molar-refractivity contribution in [3.05, 3.63) is 89.8 Å². The lowest BCUT2D eigenvalue weighted by Crippen LogP contribution is -2.43. The van der Waals surface area contributed by atoms with Gasteiger partial charge in [-0.25, -0.2) is 8.78 Å². The second-order valence-corrected chi connectivity index (χ2v) is 7.95. The number of pyridine rings is 1. The van der Waals surface area contributed by atoms with Crippen molar-refractivity contribution >= 4 is 29.1 Å². The summed E-state index contributed by atoms with van der Waals surface area (Å²) in [5.74, 6) is -2.73. The zero-order valence-electron chi connectivity index (χ0n) is 18.1. The van der Waals surface area contributed by atoms with Crippen LogP contribution < -0.4 is 10.6 Å². The Hall–Kier alpha value is -4.14. The van der Waals surface area contributed by atoms with Crippen LogP contribution in [0.15, 0.2) is 66.9 Å². The average molecular weight is 464 g/mol. The summed E-state index contributed by atoms with van der Waals surface area (Å²) in [5, 5.41) is 5.32. The molecule has 7 nitrogen and oxygen atoms in total. The van der Waals surface area contributed by atoms with Crippen LogP contribution in [0.1, 0.15) is 33.7 Å². The summed E-state index contributed by atoms with van der Waals surface area (Å²) < 4.78 is 27.1. The van der Waals surface area contributed by atoms with Gasteiger partial charge in [-0.3, -0.25) is 19.4 Å². The van der Waals surface area contributed by atoms with E-state index >= 15 is 0 Å². The fourth-order valence-electron chi connectivity index (χ4n) is 3.80. The van der Waals surface area contributed by atoms with Gasteiger partial charge in [0.15, 0.2) is 0 Å². The highest BCUT2D eigenvalue weighted by Crippen LogP contribution is 2.26. The van der Waals surface area contributed by atoms with Crippen LogP contribution in [0, 0.1) is 17.6 Å². The number of benzene rings is 2. The Morgan fingerprint density at radius 1 is 0.912 bits per heavy atom. The van der Waals surface area contributed by atoms with Gasteiger partial charge in [-0.05, 0) is 67.4 Å². The Kier molecular flexibility index (Phi) is 6.91. The molecule has 9 heteroatoms. The molecule has 0 aliphatic carbocycles. The molecule has 0 radical (unpaired) electrons. The molecular formula is C25H22F2N4O3. The van der Waals surface area contributed by atoms with E-state index in [2.05, 4.69) is 15.6 Å². The fraction of sp³-hybridized carbons (Fsp3) is 0.200. The number of hydrogen-bond donors (Lipinski definition) is 2. The Balaban J connectivity index is 1.45. The van der Waals surface area contributed by atoms with E-state index in [1.165, 1.54) is 48.7 Å². The second-order valence-electron chi connectivity index (χ2n) is 7.95. The lowest BCUT2D eigenvalue weighted by Gasteiger charge is -2.32. The SMILES string of the molecule is O=C(Nc1ccc(F)cc1NC(=O)C1CCCN(C(=O)c2ccc(F)cc2)C1)c1ccccn1. The van der Waals surface area contributed by atoms with E-state index in [1.54, 1.807) is 17.0 Å². The van der Waals surface area contributed by atoms with Gasteiger partial charge in [-0.15, -0.1) is 0 Å². The van der Waals surface area contributed by atoms with Crippen molar-refractivity contribution in [2.24, 2.45) is 5.92 Å². The molecule has 1 unspecified atom stereocenters. The normalized spacial score (nSPS) is 15.5. The first-order chi connectivity index (χ1) is 16.4. The third-order valence-electron chi connectivity index (χ3n) is 5.56. The number of amides is 3. The molecule has 34 heavy (non-hydrogen) atoms. The third-order valence-corrected chi connectivity index (χ3v) is 5.56. The van der Waals surface area contributed by atoms with Gasteiger partial charge in [0.05, 0.1) is 17.3 Å². The first kappa shape index (κ1) is 23.0. The zero-order chi connectivity index (χ0) is 24.1. The van der Waals surface area contributed by atoms with Crippen molar-refractivity contribution in [3.8, 4) is 0 Å². The van der Waals surface area contributed by atoms with Gasteiger partial charge in [-0.1, -0.05) is 6.07 Å². The standard InChI is InChI=1S/C25H22F2N4O3/c26-18-8-6-16(7-9-18)25(34)31-13-3-4-17(15-31)23(32)30-22-14-19(27)10-11-20(22)29-24(33)21-5-1-2-12-28-21/h1-2,5-12,14,17H,3-4,13,15H2,(H,29,33)(H,30,32). The minimum Gasteiger partial charge on any atom is -0.338 e. The predicted molar refractivity (Wildman–Crippen MR) is 122 cm³/mol. The maximum absolute atomic E-state index is 13.9.